The second-order valence-electron chi connectivity index (χ2n) is 6.29. The van der Waals surface area contributed by atoms with Gasteiger partial charge in [0.2, 0.25) is 0 Å². The van der Waals surface area contributed by atoms with Crippen LogP contribution in [0.25, 0.3) is 10.6 Å². The average molecular weight is 423 g/mol. The maximum absolute atomic E-state index is 12.3. The lowest BCUT2D eigenvalue weighted by Gasteiger charge is -2.34. The molecule has 1 aromatic heterocycles. The third-order valence-electron chi connectivity index (χ3n) is 4.31. The Morgan fingerprint density at radius 3 is 2.56 bits per heavy atom. The molecule has 1 aliphatic heterocycles. The predicted molar refractivity (Wildman–Crippen MR) is 110 cm³/mol. The summed E-state index contributed by atoms with van der Waals surface area (Å²) in [5.74, 6) is -0.0961. The quantitative estimate of drug-likeness (QED) is 0.766. The maximum atomic E-state index is 12.3. The van der Waals surface area contributed by atoms with Crippen molar-refractivity contribution in [3.63, 3.8) is 0 Å². The minimum Gasteiger partial charge on any atom is -0.350 e. The van der Waals surface area contributed by atoms with Crippen LogP contribution in [0.5, 0.6) is 0 Å². The fraction of sp³-hybridized carbons (Fsp3) is 0.412. The van der Waals surface area contributed by atoms with Gasteiger partial charge in [0, 0.05) is 22.5 Å². The summed E-state index contributed by atoms with van der Waals surface area (Å²) in [6.45, 7) is 4.96. The van der Waals surface area contributed by atoms with Crippen LogP contribution in [0.4, 0.5) is 0 Å². The molecule has 1 aromatic carbocycles. The number of carbonyl (C=O) groups is 1. The first kappa shape index (κ1) is 22.2. The average Bonchev–Trinajstić information content (AvgIpc) is 3.04. The van der Waals surface area contributed by atoms with Crippen LogP contribution in [0, 0.1) is 5.41 Å². The summed E-state index contributed by atoms with van der Waals surface area (Å²) in [6.07, 6.45) is 2.17. The van der Waals surface area contributed by atoms with Crippen molar-refractivity contribution in [1.29, 1.82) is 0 Å². The van der Waals surface area contributed by atoms with E-state index in [1.807, 2.05) is 29.6 Å². The highest BCUT2D eigenvalue weighted by Gasteiger charge is 2.27. The Bertz CT molecular complexity index is 685. The number of rotatable bonds is 4. The zero-order chi connectivity index (χ0) is 16.3. The Morgan fingerprint density at radius 1 is 1.28 bits per heavy atom. The van der Waals surface area contributed by atoms with Crippen LogP contribution in [0.15, 0.2) is 29.6 Å². The number of benzene rings is 1. The molecule has 0 spiro atoms. The van der Waals surface area contributed by atoms with E-state index in [1.54, 1.807) is 0 Å². The van der Waals surface area contributed by atoms with E-state index in [9.17, 15) is 4.79 Å². The molecule has 0 bridgehead atoms. The van der Waals surface area contributed by atoms with Gasteiger partial charge in [0.25, 0.3) is 5.91 Å². The van der Waals surface area contributed by atoms with Crippen LogP contribution in [0.1, 0.15) is 30.3 Å². The molecular formula is C17H22Cl3N3OS. The second kappa shape index (κ2) is 9.74. The number of carbonyl (C=O) groups excluding carboxylic acids is 1. The van der Waals surface area contributed by atoms with Crippen LogP contribution in [-0.4, -0.2) is 30.5 Å². The molecule has 0 unspecified atom stereocenters. The van der Waals surface area contributed by atoms with Gasteiger partial charge in [-0.15, -0.1) is 36.2 Å². The molecule has 2 N–H and O–H groups in total. The first-order valence-corrected chi connectivity index (χ1v) is 9.02. The van der Waals surface area contributed by atoms with E-state index in [-0.39, 0.29) is 36.1 Å². The molecule has 1 aliphatic rings. The van der Waals surface area contributed by atoms with E-state index >= 15 is 0 Å². The van der Waals surface area contributed by atoms with Gasteiger partial charge in [0.1, 0.15) is 10.7 Å². The van der Waals surface area contributed by atoms with Gasteiger partial charge in [-0.3, -0.25) is 4.79 Å². The number of amides is 1. The zero-order valence-electron chi connectivity index (χ0n) is 13.9. The zero-order valence-corrected chi connectivity index (χ0v) is 17.1. The topological polar surface area (TPSA) is 54.0 Å². The van der Waals surface area contributed by atoms with Crippen molar-refractivity contribution >= 4 is 53.7 Å². The summed E-state index contributed by atoms with van der Waals surface area (Å²) < 4.78 is 0. The molecule has 1 saturated heterocycles. The van der Waals surface area contributed by atoms with Crippen molar-refractivity contribution < 1.29 is 4.79 Å². The molecule has 4 nitrogen and oxygen atoms in total. The molecule has 1 fully saturated rings. The molecule has 0 aliphatic carbocycles. The number of piperidine rings is 1. The monoisotopic (exact) mass is 421 g/mol. The highest BCUT2D eigenvalue weighted by Crippen LogP contribution is 2.27. The minimum absolute atomic E-state index is 0. The van der Waals surface area contributed by atoms with E-state index in [4.69, 9.17) is 11.6 Å². The number of nitrogens with one attached hydrogen (secondary N) is 2. The predicted octanol–water partition coefficient (Wildman–Crippen LogP) is 4.43. The minimum atomic E-state index is -0.0961. The first-order valence-electron chi connectivity index (χ1n) is 7.76. The lowest BCUT2D eigenvalue weighted by molar-refractivity contribution is 0.0918. The van der Waals surface area contributed by atoms with Crippen LogP contribution < -0.4 is 10.6 Å². The van der Waals surface area contributed by atoms with Crippen LogP contribution in [0.3, 0.4) is 0 Å². The molecule has 8 heteroatoms. The Balaban J connectivity index is 0.00000156. The highest BCUT2D eigenvalue weighted by molar-refractivity contribution is 7.13. The third kappa shape index (κ3) is 5.83. The van der Waals surface area contributed by atoms with Gasteiger partial charge in [-0.25, -0.2) is 4.98 Å². The fourth-order valence-electron chi connectivity index (χ4n) is 2.69. The lowest BCUT2D eigenvalue weighted by atomic mass is 9.81. The molecule has 138 valence electrons. The van der Waals surface area contributed by atoms with Crippen molar-refractivity contribution in [3.05, 3.63) is 40.4 Å². The molecule has 2 heterocycles. The molecule has 2 aromatic rings. The number of hydrogen-bond donors (Lipinski definition) is 2. The van der Waals surface area contributed by atoms with Gasteiger partial charge in [0.05, 0.1) is 0 Å². The Morgan fingerprint density at radius 2 is 1.92 bits per heavy atom. The van der Waals surface area contributed by atoms with Crippen molar-refractivity contribution in [2.75, 3.05) is 19.6 Å². The van der Waals surface area contributed by atoms with E-state index in [2.05, 4.69) is 22.5 Å². The van der Waals surface area contributed by atoms with Crippen molar-refractivity contribution in [2.24, 2.45) is 5.41 Å². The Kier molecular flexibility index (Phi) is 8.64. The normalized spacial score (nSPS) is 15.6. The van der Waals surface area contributed by atoms with E-state index in [0.717, 1.165) is 36.5 Å². The van der Waals surface area contributed by atoms with E-state index < -0.39 is 0 Å². The van der Waals surface area contributed by atoms with Crippen LogP contribution >= 0.6 is 47.8 Å². The Hall–Kier alpha value is -0.850. The summed E-state index contributed by atoms with van der Waals surface area (Å²) >= 11 is 7.37. The first-order chi connectivity index (χ1) is 11.1. The molecule has 0 atom stereocenters. The third-order valence-corrected chi connectivity index (χ3v) is 5.46. The van der Waals surface area contributed by atoms with Crippen LogP contribution in [-0.2, 0) is 0 Å². The molecular weight excluding hydrogens is 401 g/mol. The standard InChI is InChI=1S/C17H20ClN3OS.2ClH/c1-17(6-8-19-9-7-17)11-20-15(22)14-10-23-16(21-14)12-2-4-13(18)5-3-12;;/h2-5,10,19H,6-9,11H2,1H3,(H,20,22);2*1H. The summed E-state index contributed by atoms with van der Waals surface area (Å²) in [5.41, 5.74) is 1.64. The summed E-state index contributed by atoms with van der Waals surface area (Å²) in [7, 11) is 0. The summed E-state index contributed by atoms with van der Waals surface area (Å²) in [5, 5.41) is 9.73. The number of thiazole rings is 1. The smallest absolute Gasteiger partial charge is 0.270 e. The van der Waals surface area contributed by atoms with Crippen molar-refractivity contribution in [3.8, 4) is 10.6 Å². The molecule has 1 amide bonds. The maximum Gasteiger partial charge on any atom is 0.270 e. The van der Waals surface area contributed by atoms with Crippen molar-refractivity contribution in [1.82, 2.24) is 15.6 Å². The fourth-order valence-corrected chi connectivity index (χ4v) is 3.63. The molecule has 0 saturated carbocycles. The van der Waals surface area contributed by atoms with Crippen LogP contribution in [0.2, 0.25) is 5.02 Å². The molecule has 3 rings (SSSR count). The van der Waals surface area contributed by atoms with Crippen molar-refractivity contribution in [2.45, 2.75) is 19.8 Å². The number of aromatic nitrogens is 1. The van der Waals surface area contributed by atoms with Gasteiger partial charge < -0.3 is 10.6 Å². The van der Waals surface area contributed by atoms with Gasteiger partial charge in [-0.05, 0) is 43.5 Å². The Labute approximate surface area is 169 Å². The molecule has 0 radical (unpaired) electrons. The van der Waals surface area contributed by atoms with E-state index in [1.165, 1.54) is 11.3 Å². The van der Waals surface area contributed by atoms with Gasteiger partial charge in [0.15, 0.2) is 0 Å². The highest BCUT2D eigenvalue weighted by atomic mass is 35.5. The molecule has 25 heavy (non-hydrogen) atoms. The van der Waals surface area contributed by atoms with Gasteiger partial charge in [-0.2, -0.15) is 0 Å². The SMILES string of the molecule is CC1(CNC(=O)c2csc(-c3ccc(Cl)cc3)n2)CCNCC1.Cl.Cl. The van der Waals surface area contributed by atoms with Gasteiger partial charge >= 0.3 is 0 Å². The second-order valence-corrected chi connectivity index (χ2v) is 7.58. The number of halogens is 3. The summed E-state index contributed by atoms with van der Waals surface area (Å²) in [6, 6.07) is 7.49. The van der Waals surface area contributed by atoms with E-state index in [0.29, 0.717) is 17.3 Å². The van der Waals surface area contributed by atoms with Gasteiger partial charge in [-0.1, -0.05) is 30.7 Å². The number of hydrogen-bond acceptors (Lipinski definition) is 4. The number of nitrogens with zero attached hydrogens (tertiary/aromatic N) is 1. The summed E-state index contributed by atoms with van der Waals surface area (Å²) in [4.78, 5) is 16.8. The lowest BCUT2D eigenvalue weighted by Crippen LogP contribution is -2.42. The largest absolute Gasteiger partial charge is 0.350 e.